The molecule has 100 valence electrons. The lowest BCUT2D eigenvalue weighted by atomic mass is 9.92. The Morgan fingerprint density at radius 1 is 1.16 bits per heavy atom. The van der Waals surface area contributed by atoms with Gasteiger partial charge in [-0.2, -0.15) is 0 Å². The van der Waals surface area contributed by atoms with E-state index in [1.165, 1.54) is 35.8 Å². The maximum absolute atomic E-state index is 3.53. The average Bonchev–Trinajstić information content (AvgIpc) is 3.00. The largest absolute Gasteiger partial charge is 0.316 e. The van der Waals surface area contributed by atoms with Crippen LogP contribution in [0.25, 0.3) is 10.8 Å². The molecule has 2 unspecified atom stereocenters. The van der Waals surface area contributed by atoms with Crippen molar-refractivity contribution < 1.29 is 0 Å². The normalized spacial score (nSPS) is 27.9. The lowest BCUT2D eigenvalue weighted by Crippen LogP contribution is -2.19. The molecule has 0 amide bonds. The summed E-state index contributed by atoms with van der Waals surface area (Å²) in [6.07, 6.45) is 2.51. The van der Waals surface area contributed by atoms with Crippen molar-refractivity contribution in [2.24, 2.45) is 5.92 Å². The number of benzene rings is 2. The van der Waals surface area contributed by atoms with Crippen LogP contribution >= 0.6 is 12.4 Å². The van der Waals surface area contributed by atoms with Gasteiger partial charge in [0.25, 0.3) is 0 Å². The molecule has 2 aromatic carbocycles. The van der Waals surface area contributed by atoms with E-state index in [9.17, 15) is 0 Å². The van der Waals surface area contributed by atoms with E-state index in [0.717, 1.165) is 12.3 Å². The molecular formula is C17H20ClN. The summed E-state index contributed by atoms with van der Waals surface area (Å²) in [6, 6.07) is 14.0. The first-order valence-electron chi connectivity index (χ1n) is 7.06. The highest BCUT2D eigenvalue weighted by Gasteiger charge is 2.57. The molecule has 4 rings (SSSR count). The number of aryl methyl sites for hydroxylation is 1. The third-order valence-corrected chi connectivity index (χ3v) is 4.95. The Bertz CT molecular complexity index is 622. The molecule has 0 spiro atoms. The second-order valence-corrected chi connectivity index (χ2v) is 5.94. The number of piperidine rings is 1. The molecule has 2 aromatic rings. The van der Waals surface area contributed by atoms with Crippen LogP contribution in [-0.2, 0) is 11.8 Å². The molecule has 1 saturated heterocycles. The van der Waals surface area contributed by atoms with Crippen molar-refractivity contribution in [3.63, 3.8) is 0 Å². The van der Waals surface area contributed by atoms with Crippen molar-refractivity contribution in [1.82, 2.24) is 5.32 Å². The van der Waals surface area contributed by atoms with E-state index < -0.39 is 0 Å². The lowest BCUT2D eigenvalue weighted by molar-refractivity contribution is 0.676. The van der Waals surface area contributed by atoms with Gasteiger partial charge in [0.05, 0.1) is 0 Å². The molecular weight excluding hydrogens is 254 g/mol. The summed E-state index contributed by atoms with van der Waals surface area (Å²) in [5.41, 5.74) is 3.46. The van der Waals surface area contributed by atoms with E-state index in [-0.39, 0.29) is 12.4 Å². The maximum atomic E-state index is 3.53. The average molecular weight is 274 g/mol. The van der Waals surface area contributed by atoms with Crippen LogP contribution in [0.2, 0.25) is 0 Å². The smallest absolute Gasteiger partial charge is 0.0122 e. The maximum Gasteiger partial charge on any atom is 0.0122 e. The Hall–Kier alpha value is -1.05. The topological polar surface area (TPSA) is 12.0 Å². The summed E-state index contributed by atoms with van der Waals surface area (Å²) >= 11 is 0. The fourth-order valence-corrected chi connectivity index (χ4v) is 3.61. The quantitative estimate of drug-likeness (QED) is 0.880. The third-order valence-electron chi connectivity index (χ3n) is 4.95. The summed E-state index contributed by atoms with van der Waals surface area (Å²) in [7, 11) is 0. The van der Waals surface area contributed by atoms with E-state index in [1.54, 1.807) is 5.56 Å². The third kappa shape index (κ3) is 1.87. The Morgan fingerprint density at radius 3 is 2.63 bits per heavy atom. The first kappa shape index (κ1) is 13.0. The molecule has 2 aliphatic rings. The fraction of sp³-hybridized carbons (Fsp3) is 0.412. The molecule has 1 aliphatic heterocycles. The Labute approximate surface area is 120 Å². The Morgan fingerprint density at radius 2 is 1.95 bits per heavy atom. The van der Waals surface area contributed by atoms with Crippen LogP contribution in [0.15, 0.2) is 36.4 Å². The molecule has 1 nitrogen and oxygen atoms in total. The van der Waals surface area contributed by atoms with E-state index in [4.69, 9.17) is 0 Å². The number of hydrogen-bond donors (Lipinski definition) is 1. The number of fused-ring (bicyclic) bond motifs is 2. The standard InChI is InChI=1S/C17H19N.ClH/c1-2-12-3-4-14-8-15(6-5-13(14)7-12)17-9-16(17)10-18-11-17;/h3-8,16,18H,2,9-11H2,1H3;1H. The van der Waals surface area contributed by atoms with Crippen molar-refractivity contribution in [2.45, 2.75) is 25.2 Å². The molecule has 2 atom stereocenters. The number of halogens is 1. The second kappa shape index (κ2) is 4.50. The molecule has 1 N–H and O–H groups in total. The Balaban J connectivity index is 0.00000110. The van der Waals surface area contributed by atoms with Crippen LogP contribution in [0.5, 0.6) is 0 Å². The Kier molecular flexibility index (Phi) is 3.07. The molecule has 0 radical (unpaired) electrons. The molecule has 1 aliphatic carbocycles. The van der Waals surface area contributed by atoms with Crippen molar-refractivity contribution in [3.8, 4) is 0 Å². The highest BCUT2D eigenvalue weighted by molar-refractivity contribution is 5.85. The zero-order valence-electron chi connectivity index (χ0n) is 11.3. The number of rotatable bonds is 2. The van der Waals surface area contributed by atoms with Crippen LogP contribution in [0.1, 0.15) is 24.5 Å². The molecule has 19 heavy (non-hydrogen) atoms. The van der Waals surface area contributed by atoms with Crippen LogP contribution < -0.4 is 5.32 Å². The zero-order valence-corrected chi connectivity index (χ0v) is 12.1. The summed E-state index contributed by atoms with van der Waals surface area (Å²) in [5, 5.41) is 6.31. The number of hydrogen-bond acceptors (Lipinski definition) is 1. The van der Waals surface area contributed by atoms with Gasteiger partial charge < -0.3 is 5.32 Å². The van der Waals surface area contributed by atoms with Crippen LogP contribution in [-0.4, -0.2) is 13.1 Å². The van der Waals surface area contributed by atoms with E-state index in [0.29, 0.717) is 5.41 Å². The van der Waals surface area contributed by atoms with E-state index in [1.807, 2.05) is 0 Å². The first-order chi connectivity index (χ1) is 8.82. The van der Waals surface area contributed by atoms with Crippen molar-refractivity contribution in [1.29, 1.82) is 0 Å². The van der Waals surface area contributed by atoms with Gasteiger partial charge in [-0.05, 0) is 47.2 Å². The van der Waals surface area contributed by atoms with Gasteiger partial charge in [0, 0.05) is 12.0 Å². The van der Waals surface area contributed by atoms with Gasteiger partial charge in [0.15, 0.2) is 0 Å². The van der Waals surface area contributed by atoms with Gasteiger partial charge in [0.1, 0.15) is 0 Å². The van der Waals surface area contributed by atoms with Gasteiger partial charge in [0.2, 0.25) is 0 Å². The minimum atomic E-state index is 0. The molecule has 0 bridgehead atoms. The monoisotopic (exact) mass is 273 g/mol. The van der Waals surface area contributed by atoms with Crippen LogP contribution in [0, 0.1) is 5.92 Å². The van der Waals surface area contributed by atoms with Gasteiger partial charge in [-0.3, -0.25) is 0 Å². The minimum absolute atomic E-state index is 0. The van der Waals surface area contributed by atoms with Crippen molar-refractivity contribution in [3.05, 3.63) is 47.5 Å². The highest BCUT2D eigenvalue weighted by atomic mass is 35.5. The summed E-state index contributed by atoms with van der Waals surface area (Å²) in [5.74, 6) is 0.893. The molecule has 1 heterocycles. The highest BCUT2D eigenvalue weighted by Crippen LogP contribution is 2.56. The lowest BCUT2D eigenvalue weighted by Gasteiger charge is -2.13. The number of nitrogens with one attached hydrogen (secondary N) is 1. The second-order valence-electron chi connectivity index (χ2n) is 5.94. The molecule has 2 heteroatoms. The van der Waals surface area contributed by atoms with Crippen LogP contribution in [0.4, 0.5) is 0 Å². The van der Waals surface area contributed by atoms with E-state index in [2.05, 4.69) is 48.6 Å². The summed E-state index contributed by atoms with van der Waals surface area (Å²) in [6.45, 7) is 4.61. The molecule has 1 saturated carbocycles. The van der Waals surface area contributed by atoms with Crippen LogP contribution in [0.3, 0.4) is 0 Å². The fourth-order valence-electron chi connectivity index (χ4n) is 3.61. The van der Waals surface area contributed by atoms with Crippen molar-refractivity contribution in [2.75, 3.05) is 13.1 Å². The van der Waals surface area contributed by atoms with Gasteiger partial charge in [-0.15, -0.1) is 12.4 Å². The first-order valence-corrected chi connectivity index (χ1v) is 7.06. The van der Waals surface area contributed by atoms with Gasteiger partial charge >= 0.3 is 0 Å². The molecule has 2 fully saturated rings. The van der Waals surface area contributed by atoms with Crippen molar-refractivity contribution >= 4 is 23.2 Å². The predicted molar refractivity (Wildman–Crippen MR) is 83.2 cm³/mol. The summed E-state index contributed by atoms with van der Waals surface area (Å²) in [4.78, 5) is 0. The predicted octanol–water partition coefficient (Wildman–Crippen LogP) is 3.68. The van der Waals surface area contributed by atoms with E-state index >= 15 is 0 Å². The van der Waals surface area contributed by atoms with Gasteiger partial charge in [-0.25, -0.2) is 0 Å². The summed E-state index contributed by atoms with van der Waals surface area (Å²) < 4.78 is 0. The molecule has 0 aromatic heterocycles. The minimum Gasteiger partial charge on any atom is -0.316 e. The zero-order chi connectivity index (χ0) is 12.2. The SMILES string of the molecule is CCc1ccc2cc(C34CNCC3C4)ccc2c1.Cl. The van der Waals surface area contributed by atoms with Gasteiger partial charge in [-0.1, -0.05) is 43.3 Å².